The van der Waals surface area contributed by atoms with E-state index in [0.29, 0.717) is 6.32 Å². The predicted molar refractivity (Wildman–Crippen MR) is 56.4 cm³/mol. The number of carbonyl (C=O) groups excluding carboxylic acids is 1. The zero-order valence-electron chi connectivity index (χ0n) is 8.00. The van der Waals surface area contributed by atoms with E-state index in [4.69, 9.17) is 0 Å². The predicted octanol–water partition coefficient (Wildman–Crippen LogP) is 0.877. The van der Waals surface area contributed by atoms with Gasteiger partial charge in [-0.1, -0.05) is 0 Å². The number of hydrogen-bond acceptors (Lipinski definition) is 1. The molecule has 1 N–H and O–H groups in total. The first-order valence-corrected chi connectivity index (χ1v) is 4.33. The van der Waals surface area contributed by atoms with Crippen molar-refractivity contribution < 1.29 is 4.79 Å². The summed E-state index contributed by atoms with van der Waals surface area (Å²) < 4.78 is 0. The molecule has 1 radical (unpaired) electrons. The molecule has 1 rings (SSSR count). The Morgan fingerprint density at radius 3 is 3.08 bits per heavy atom. The molecule has 0 fully saturated rings. The third kappa shape index (κ3) is 3.05. The van der Waals surface area contributed by atoms with E-state index in [2.05, 4.69) is 5.32 Å². The first-order chi connectivity index (χ1) is 6.24. The molecule has 0 aliphatic rings. The zero-order chi connectivity index (χ0) is 9.68. The van der Waals surface area contributed by atoms with Gasteiger partial charge in [0.2, 0.25) is 0 Å². The van der Waals surface area contributed by atoms with Gasteiger partial charge in [0.1, 0.15) is 0 Å². The molecular weight excluding hydrogens is 160 g/mol. The summed E-state index contributed by atoms with van der Waals surface area (Å²) in [6, 6.07) is 2.04. The molecule has 0 aromatic carbocycles. The summed E-state index contributed by atoms with van der Waals surface area (Å²) in [6.07, 6.45) is 0.701. The summed E-state index contributed by atoms with van der Waals surface area (Å²) >= 11 is 0. The fourth-order valence-corrected chi connectivity index (χ4v) is 1.14. The van der Waals surface area contributed by atoms with Crippen molar-refractivity contribution in [1.29, 1.82) is 0 Å². The first kappa shape index (κ1) is 10.0. The molecule has 0 aliphatic heterocycles. The Balaban J connectivity index is 2.54. The van der Waals surface area contributed by atoms with Crippen LogP contribution in [0.4, 0.5) is 4.79 Å². The summed E-state index contributed by atoms with van der Waals surface area (Å²) in [5, 5.41) is 2.56. The zero-order valence-corrected chi connectivity index (χ0v) is 8.00. The molecule has 1 heterocycles. The summed E-state index contributed by atoms with van der Waals surface area (Å²) in [4.78, 5) is 10.9. The van der Waals surface area contributed by atoms with Crippen LogP contribution in [0.5, 0.6) is 0 Å². The second kappa shape index (κ2) is 4.85. The Kier molecular flexibility index (Phi) is 3.74. The number of hydrogen-bond donors (Lipinski definition) is 1. The van der Waals surface area contributed by atoms with Gasteiger partial charge in [-0.3, -0.25) is 0 Å². The fraction of sp³-hybridized carbons (Fsp3) is 0.333. The molecule has 0 saturated carbocycles. The third-order valence-electron chi connectivity index (χ3n) is 2.02. The van der Waals surface area contributed by atoms with E-state index >= 15 is 0 Å². The number of amides is 1. The van der Waals surface area contributed by atoms with Gasteiger partial charge in [0, 0.05) is 0 Å². The van der Waals surface area contributed by atoms with Crippen LogP contribution in [0, 0.1) is 6.92 Å². The fourth-order valence-electron chi connectivity index (χ4n) is 1.14. The van der Waals surface area contributed by atoms with Crippen molar-refractivity contribution in [3.05, 3.63) is 29.1 Å². The Morgan fingerprint density at radius 2 is 2.46 bits per heavy atom. The number of rotatable bonds is 3. The van der Waals surface area contributed by atoms with E-state index in [1.807, 2.05) is 31.8 Å². The van der Waals surface area contributed by atoms with Crippen molar-refractivity contribution >= 4 is 20.0 Å². The molecule has 1 aromatic heterocycles. The minimum atomic E-state index is -0.0248. The second-order valence-corrected chi connectivity index (χ2v) is 2.95. The van der Waals surface area contributed by atoms with Crippen LogP contribution in [0.15, 0.2) is 18.0 Å². The molecule has 65 valence electrons. The first-order valence-electron chi connectivity index (χ1n) is 4.33. The van der Waals surface area contributed by atoms with Crippen LogP contribution in [0.3, 0.4) is 0 Å². The topological polar surface area (TPSA) is 29.1 Å². The van der Waals surface area contributed by atoms with Gasteiger partial charge in [0.25, 0.3) is 0 Å². The monoisotopic (exact) mass is 172 g/mol. The molecule has 13 heavy (non-hydrogen) atoms. The van der Waals surface area contributed by atoms with E-state index in [-0.39, 0.29) is 5.81 Å². The Hall–Kier alpha value is -1.05. The third-order valence-corrected chi connectivity index (χ3v) is 2.02. The average Bonchev–Trinajstić information content (AvgIpc) is 2.16. The molecule has 0 aliphatic carbocycles. The Morgan fingerprint density at radius 1 is 1.69 bits per heavy atom. The van der Waals surface area contributed by atoms with Crippen LogP contribution in [-0.4, -0.2) is 27.0 Å². The molecule has 4 heteroatoms. The van der Waals surface area contributed by atoms with Crippen LogP contribution >= 0.6 is 0 Å². The summed E-state index contributed by atoms with van der Waals surface area (Å²) in [6.45, 7) is 4.05. The molecule has 1 amide bonds. The van der Waals surface area contributed by atoms with E-state index in [1.54, 1.807) is 14.3 Å². The normalized spacial score (nSPS) is 9.08. The molecule has 0 saturated heterocycles. The van der Waals surface area contributed by atoms with E-state index in [9.17, 15) is 4.79 Å². The van der Waals surface area contributed by atoms with Crippen molar-refractivity contribution in [3.63, 3.8) is 0 Å². The van der Waals surface area contributed by atoms with Crippen molar-refractivity contribution in [2.24, 2.45) is 0 Å². The van der Waals surface area contributed by atoms with E-state index < -0.39 is 0 Å². The minimum absolute atomic E-state index is 0.0248. The summed E-state index contributed by atoms with van der Waals surface area (Å²) in [5.41, 5.74) is 2.42. The number of aryl methyl sites for hydroxylation is 1. The van der Waals surface area contributed by atoms with E-state index in [0.717, 1.165) is 0 Å². The molecule has 0 spiro atoms. The SMILES string of the molecule is CNC(=O)[B]Cc1ccbcc1C. The Bertz CT molecular complexity index is 301. The van der Waals surface area contributed by atoms with Crippen LogP contribution in [0.25, 0.3) is 0 Å². The molecule has 0 unspecified atom stereocenters. The van der Waals surface area contributed by atoms with Gasteiger partial charge in [-0.15, -0.1) is 0 Å². The van der Waals surface area contributed by atoms with Gasteiger partial charge in [0.15, 0.2) is 0 Å². The average molecular weight is 172 g/mol. The maximum absolute atomic E-state index is 10.9. The maximum atomic E-state index is 10.9. The van der Waals surface area contributed by atoms with E-state index in [1.165, 1.54) is 11.1 Å². The number of carbonyl (C=O) groups is 1. The van der Waals surface area contributed by atoms with Gasteiger partial charge < -0.3 is 0 Å². The summed E-state index contributed by atoms with van der Waals surface area (Å²) in [5.74, 6) is 4.01. The second-order valence-electron chi connectivity index (χ2n) is 2.95. The van der Waals surface area contributed by atoms with Gasteiger partial charge in [-0.05, 0) is 0 Å². The van der Waals surface area contributed by atoms with Gasteiger partial charge in [-0.25, -0.2) is 0 Å². The van der Waals surface area contributed by atoms with Crippen molar-refractivity contribution in [3.8, 4) is 0 Å². The van der Waals surface area contributed by atoms with Crippen LogP contribution in [0.1, 0.15) is 11.1 Å². The molecule has 0 bridgehead atoms. The van der Waals surface area contributed by atoms with Gasteiger partial charge in [0.05, 0.1) is 0 Å². The van der Waals surface area contributed by atoms with Gasteiger partial charge >= 0.3 is 79.5 Å². The van der Waals surface area contributed by atoms with Crippen molar-refractivity contribution in [1.82, 2.24) is 5.32 Å². The van der Waals surface area contributed by atoms with Crippen molar-refractivity contribution in [2.75, 3.05) is 7.05 Å². The molecule has 2 nitrogen and oxygen atoms in total. The van der Waals surface area contributed by atoms with Gasteiger partial charge in [-0.2, -0.15) is 0 Å². The van der Waals surface area contributed by atoms with Crippen molar-refractivity contribution in [2.45, 2.75) is 13.2 Å². The molecular formula is C9H12B2NO. The number of nitrogens with one attached hydrogen (secondary N) is 1. The standard InChI is InChI=1S/C9H12B2NO/c1-7-5-10-4-3-8(7)6-11-9(13)12-2/h3-5H,6H2,1-2H3,(H,12,13). The summed E-state index contributed by atoms with van der Waals surface area (Å²) in [7, 11) is 3.29. The molecule has 1 aromatic rings. The molecule has 0 atom stereocenters. The van der Waals surface area contributed by atoms with Crippen LogP contribution < -0.4 is 5.32 Å². The van der Waals surface area contributed by atoms with Crippen LogP contribution in [0.2, 0.25) is 0 Å². The Labute approximate surface area is 80.2 Å². The quantitative estimate of drug-likeness (QED) is 0.673. The van der Waals surface area contributed by atoms with Crippen LogP contribution in [-0.2, 0) is 6.32 Å².